The number of fused-ring (bicyclic) bond motifs is 5. The van der Waals surface area contributed by atoms with E-state index in [1.165, 1.54) is 21.0 Å². The van der Waals surface area contributed by atoms with Gasteiger partial charge in [0.05, 0.1) is 18.3 Å². The van der Waals surface area contributed by atoms with Crippen molar-refractivity contribution < 1.29 is 4.79 Å². The fraction of sp³-hybridized carbons (Fsp3) is 0.276. The van der Waals surface area contributed by atoms with Gasteiger partial charge in [0.1, 0.15) is 5.00 Å². The highest BCUT2D eigenvalue weighted by Gasteiger charge is 2.36. The van der Waals surface area contributed by atoms with Crippen LogP contribution in [0.25, 0.3) is 5.00 Å². The maximum absolute atomic E-state index is 14.1. The monoisotopic (exact) mass is 516 g/mol. The summed E-state index contributed by atoms with van der Waals surface area (Å²) in [5.74, 6) is 0. The van der Waals surface area contributed by atoms with Crippen LogP contribution in [0.2, 0.25) is 5.02 Å². The molecule has 1 atom stereocenters. The first-order chi connectivity index (χ1) is 17.5. The summed E-state index contributed by atoms with van der Waals surface area (Å²) in [6, 6.07) is 19.8. The minimum atomic E-state index is -0.269. The van der Waals surface area contributed by atoms with Crippen LogP contribution in [0.15, 0.2) is 66.9 Å². The Kier molecular flexibility index (Phi) is 6.12. The zero-order valence-electron chi connectivity index (χ0n) is 20.5. The van der Waals surface area contributed by atoms with Gasteiger partial charge in [0.2, 0.25) is 0 Å². The molecule has 0 radical (unpaired) electrons. The number of nitrogens with one attached hydrogen (secondary N) is 1. The molecule has 6 rings (SSSR count). The van der Waals surface area contributed by atoms with E-state index >= 15 is 0 Å². The smallest absolute Gasteiger partial charge is 0.310 e. The van der Waals surface area contributed by atoms with Crippen molar-refractivity contribution in [1.29, 1.82) is 0 Å². The predicted molar refractivity (Wildman–Crippen MR) is 147 cm³/mol. The number of urea groups is 1. The summed E-state index contributed by atoms with van der Waals surface area (Å²) in [5.41, 5.74) is 6.74. The summed E-state index contributed by atoms with van der Waals surface area (Å²) in [5, 5.41) is 5.14. The Morgan fingerprint density at radius 3 is 2.78 bits per heavy atom. The quantitative estimate of drug-likeness (QED) is 0.322. The van der Waals surface area contributed by atoms with E-state index in [1.54, 1.807) is 0 Å². The molecule has 1 N–H and O–H groups in total. The lowest BCUT2D eigenvalue weighted by Gasteiger charge is -2.32. The van der Waals surface area contributed by atoms with Gasteiger partial charge in [-0.05, 0) is 66.9 Å². The number of carbonyl (C=O) groups is 1. The number of aryl methyl sites for hydroxylation is 1. The van der Waals surface area contributed by atoms with Crippen molar-refractivity contribution in [2.75, 3.05) is 18.9 Å². The fourth-order valence-electron chi connectivity index (χ4n) is 5.52. The van der Waals surface area contributed by atoms with Crippen LogP contribution in [-0.4, -0.2) is 34.0 Å². The van der Waals surface area contributed by atoms with Crippen molar-refractivity contribution in [3.8, 4) is 5.00 Å². The van der Waals surface area contributed by atoms with Gasteiger partial charge in [0, 0.05) is 40.4 Å². The van der Waals surface area contributed by atoms with E-state index < -0.39 is 0 Å². The Balaban J connectivity index is 1.50. The summed E-state index contributed by atoms with van der Waals surface area (Å²) in [4.78, 5) is 19.9. The molecule has 2 amide bonds. The number of hydrogen-bond donors (Lipinski definition) is 1. The molecule has 36 heavy (non-hydrogen) atoms. The van der Waals surface area contributed by atoms with Crippen LogP contribution in [0, 0.1) is 0 Å². The first kappa shape index (κ1) is 23.3. The molecule has 7 heteroatoms. The molecule has 0 aliphatic carbocycles. The third kappa shape index (κ3) is 4.03. The maximum atomic E-state index is 14.1. The number of hydrogen-bond acceptors (Lipinski definition) is 3. The highest BCUT2D eigenvalue weighted by Crippen LogP contribution is 2.43. The van der Waals surface area contributed by atoms with Crippen molar-refractivity contribution in [1.82, 2.24) is 14.4 Å². The molecule has 0 spiro atoms. The van der Waals surface area contributed by atoms with Gasteiger partial charge in [-0.3, -0.25) is 0 Å². The SMILES string of the molecule is CCc1ccccc1NC(=O)N1Cc2c(sc3c2CCN(C)C3)-n2cccc2C1c1cccc(Cl)c1. The molecule has 184 valence electrons. The molecule has 0 bridgehead atoms. The zero-order valence-corrected chi connectivity index (χ0v) is 22.1. The number of amides is 2. The molecule has 4 aromatic rings. The lowest BCUT2D eigenvalue weighted by Crippen LogP contribution is -2.38. The number of nitrogens with zero attached hydrogens (tertiary/aromatic N) is 3. The van der Waals surface area contributed by atoms with Gasteiger partial charge in [0.15, 0.2) is 0 Å². The minimum absolute atomic E-state index is 0.102. The van der Waals surface area contributed by atoms with Crippen molar-refractivity contribution in [2.45, 2.75) is 38.9 Å². The molecule has 1 unspecified atom stereocenters. The Labute approximate surface area is 220 Å². The number of aromatic nitrogens is 1. The number of para-hydroxylation sites is 1. The highest BCUT2D eigenvalue weighted by molar-refractivity contribution is 7.15. The molecule has 0 fully saturated rings. The average molecular weight is 517 g/mol. The average Bonchev–Trinajstić information content (AvgIpc) is 3.45. The van der Waals surface area contributed by atoms with E-state index in [1.807, 2.05) is 52.6 Å². The van der Waals surface area contributed by atoms with E-state index in [-0.39, 0.29) is 12.1 Å². The number of carbonyl (C=O) groups excluding carboxylic acids is 1. The Morgan fingerprint density at radius 2 is 1.94 bits per heavy atom. The second kappa shape index (κ2) is 9.43. The largest absolute Gasteiger partial charge is 0.322 e. The summed E-state index contributed by atoms with van der Waals surface area (Å²) in [7, 11) is 2.18. The van der Waals surface area contributed by atoms with E-state index in [9.17, 15) is 4.79 Å². The van der Waals surface area contributed by atoms with E-state index in [4.69, 9.17) is 11.6 Å². The summed E-state index contributed by atoms with van der Waals surface area (Å²) in [6.07, 6.45) is 3.99. The van der Waals surface area contributed by atoms with E-state index in [2.05, 4.69) is 59.2 Å². The van der Waals surface area contributed by atoms with Gasteiger partial charge in [-0.15, -0.1) is 11.3 Å². The van der Waals surface area contributed by atoms with Crippen molar-refractivity contribution >= 4 is 34.7 Å². The summed E-state index contributed by atoms with van der Waals surface area (Å²) < 4.78 is 2.29. The molecule has 4 heterocycles. The number of thiophene rings is 1. The highest BCUT2D eigenvalue weighted by atomic mass is 35.5. The Bertz CT molecular complexity index is 1440. The van der Waals surface area contributed by atoms with Gasteiger partial charge in [-0.2, -0.15) is 0 Å². The van der Waals surface area contributed by atoms with Crippen LogP contribution in [0.5, 0.6) is 0 Å². The first-order valence-electron chi connectivity index (χ1n) is 12.4. The predicted octanol–water partition coefficient (Wildman–Crippen LogP) is 6.88. The second-order valence-corrected chi connectivity index (χ2v) is 11.1. The van der Waals surface area contributed by atoms with Crippen LogP contribution < -0.4 is 5.32 Å². The molecule has 0 saturated heterocycles. The molecule has 2 aliphatic rings. The number of anilines is 1. The molecule has 5 nitrogen and oxygen atoms in total. The van der Waals surface area contributed by atoms with Crippen LogP contribution in [0.4, 0.5) is 10.5 Å². The van der Waals surface area contributed by atoms with Crippen molar-refractivity contribution in [3.63, 3.8) is 0 Å². The van der Waals surface area contributed by atoms with E-state index in [0.717, 1.165) is 48.4 Å². The maximum Gasteiger partial charge on any atom is 0.322 e. The Morgan fingerprint density at radius 1 is 1.08 bits per heavy atom. The van der Waals surface area contributed by atoms with Crippen LogP contribution in [-0.2, 0) is 25.9 Å². The molecule has 0 saturated carbocycles. The van der Waals surface area contributed by atoms with Crippen LogP contribution in [0.3, 0.4) is 0 Å². The van der Waals surface area contributed by atoms with Gasteiger partial charge in [-0.1, -0.05) is 48.9 Å². The summed E-state index contributed by atoms with van der Waals surface area (Å²) >= 11 is 8.31. The Hall–Kier alpha value is -3.06. The zero-order chi connectivity index (χ0) is 24.8. The van der Waals surface area contributed by atoms with Crippen LogP contribution in [0.1, 0.15) is 45.8 Å². The number of rotatable bonds is 3. The van der Waals surface area contributed by atoms with Crippen molar-refractivity contribution in [3.05, 3.63) is 105 Å². The number of benzene rings is 2. The molecule has 2 aromatic carbocycles. The minimum Gasteiger partial charge on any atom is -0.310 e. The molecular formula is C29H29ClN4OS. The van der Waals surface area contributed by atoms with E-state index in [0.29, 0.717) is 11.6 Å². The molecular weight excluding hydrogens is 488 g/mol. The third-order valence-corrected chi connectivity index (χ3v) is 8.81. The first-order valence-corrected chi connectivity index (χ1v) is 13.6. The van der Waals surface area contributed by atoms with Gasteiger partial charge in [-0.25, -0.2) is 4.79 Å². The fourth-order valence-corrected chi connectivity index (χ4v) is 7.16. The normalized spacial score (nSPS) is 17.2. The van der Waals surface area contributed by atoms with Gasteiger partial charge >= 0.3 is 6.03 Å². The lowest BCUT2D eigenvalue weighted by molar-refractivity contribution is 0.194. The van der Waals surface area contributed by atoms with Gasteiger partial charge in [0.25, 0.3) is 0 Å². The summed E-state index contributed by atoms with van der Waals surface area (Å²) in [6.45, 7) is 4.64. The van der Waals surface area contributed by atoms with Gasteiger partial charge < -0.3 is 19.7 Å². The third-order valence-electron chi connectivity index (χ3n) is 7.32. The van der Waals surface area contributed by atoms with Crippen molar-refractivity contribution in [2.24, 2.45) is 0 Å². The molecule has 2 aliphatic heterocycles. The van der Waals surface area contributed by atoms with Crippen LogP contribution >= 0.6 is 22.9 Å². The topological polar surface area (TPSA) is 40.5 Å². The lowest BCUT2D eigenvalue weighted by atomic mass is 10.0. The second-order valence-electron chi connectivity index (χ2n) is 9.60. The number of halogens is 1. The molecule has 2 aromatic heterocycles. The standard InChI is InChI=1S/C29H29ClN4OS/c1-3-19-8-4-5-11-24(19)31-29(35)34-17-23-22-13-15-32(2)18-26(22)36-28(23)33-14-7-12-25(33)27(34)20-9-6-10-21(30)16-20/h4-12,14,16,27H,3,13,15,17-18H2,1-2H3,(H,31,35). The number of likely N-dealkylation sites (N-methyl/N-ethyl adjacent to an activating group) is 1.